The number of halogens is 2. The number of carbonyl (C=O) groups is 1. The van der Waals surface area contributed by atoms with Gasteiger partial charge < -0.3 is 9.67 Å². The predicted molar refractivity (Wildman–Crippen MR) is 82.9 cm³/mol. The highest BCUT2D eigenvalue weighted by molar-refractivity contribution is 7.99. The van der Waals surface area contributed by atoms with Gasteiger partial charge in [0.1, 0.15) is 0 Å². The zero-order valence-electron chi connectivity index (χ0n) is 10.5. The topological polar surface area (TPSA) is 55.1 Å². The third kappa shape index (κ3) is 3.29. The fourth-order valence-electron chi connectivity index (χ4n) is 1.77. The Kier molecular flexibility index (Phi) is 4.96. The number of allylic oxidation sites excluding steroid dienone is 1. The molecular weight excluding hydrogens is 319 g/mol. The summed E-state index contributed by atoms with van der Waals surface area (Å²) in [5, 5.41) is 10.3. The van der Waals surface area contributed by atoms with Crippen molar-refractivity contribution in [2.45, 2.75) is 18.1 Å². The first-order chi connectivity index (χ1) is 9.52. The van der Waals surface area contributed by atoms with Crippen molar-refractivity contribution in [3.63, 3.8) is 0 Å². The number of carboxylic acids is 1. The molecule has 0 fully saturated rings. The van der Waals surface area contributed by atoms with E-state index < -0.39 is 5.97 Å². The fraction of sp³-hybridized carbons (Fsp3) is 0.231. The quantitative estimate of drug-likeness (QED) is 0.640. The number of fused-ring (bicyclic) bond motifs is 1. The molecule has 0 aliphatic carbocycles. The lowest BCUT2D eigenvalue weighted by atomic mass is 10.3. The van der Waals surface area contributed by atoms with E-state index >= 15 is 0 Å². The van der Waals surface area contributed by atoms with Crippen LogP contribution < -0.4 is 0 Å². The zero-order chi connectivity index (χ0) is 14.7. The van der Waals surface area contributed by atoms with Gasteiger partial charge in [0, 0.05) is 6.54 Å². The molecule has 1 aromatic heterocycles. The van der Waals surface area contributed by atoms with Crippen LogP contribution >= 0.6 is 35.0 Å². The van der Waals surface area contributed by atoms with E-state index in [1.165, 1.54) is 11.8 Å². The molecule has 106 valence electrons. The number of imidazole rings is 1. The van der Waals surface area contributed by atoms with Crippen molar-refractivity contribution in [2.75, 3.05) is 5.75 Å². The van der Waals surface area contributed by atoms with Crippen LogP contribution in [0.4, 0.5) is 0 Å². The number of benzene rings is 1. The first-order valence-electron chi connectivity index (χ1n) is 5.83. The van der Waals surface area contributed by atoms with Crippen LogP contribution in [0, 0.1) is 0 Å². The Labute approximate surface area is 130 Å². The summed E-state index contributed by atoms with van der Waals surface area (Å²) < 4.78 is 1.94. The molecular formula is C13H12Cl2N2O2S. The van der Waals surface area contributed by atoms with E-state index in [1.54, 1.807) is 18.2 Å². The Hall–Kier alpha value is -1.17. The molecule has 0 saturated carbocycles. The molecule has 1 heterocycles. The van der Waals surface area contributed by atoms with Gasteiger partial charge in [-0.2, -0.15) is 0 Å². The molecule has 20 heavy (non-hydrogen) atoms. The van der Waals surface area contributed by atoms with Gasteiger partial charge in [0.05, 0.1) is 26.8 Å². The molecule has 2 rings (SSSR count). The molecule has 0 atom stereocenters. The summed E-state index contributed by atoms with van der Waals surface area (Å²) in [6.45, 7) is 4.36. The molecule has 0 saturated heterocycles. The highest BCUT2D eigenvalue weighted by Gasteiger charge is 2.14. The molecule has 1 aromatic carbocycles. The van der Waals surface area contributed by atoms with Crippen molar-refractivity contribution in [3.05, 3.63) is 34.8 Å². The van der Waals surface area contributed by atoms with Gasteiger partial charge in [-0.05, 0) is 18.6 Å². The van der Waals surface area contributed by atoms with Crippen LogP contribution in [0.2, 0.25) is 10.0 Å². The molecule has 0 amide bonds. The third-order valence-corrected chi connectivity index (χ3v) is 4.32. The summed E-state index contributed by atoms with van der Waals surface area (Å²) in [5.74, 6) is -0.924. The number of rotatable bonds is 6. The fourth-order valence-corrected chi connectivity index (χ4v) is 2.85. The minimum absolute atomic E-state index is 0.0428. The van der Waals surface area contributed by atoms with Gasteiger partial charge >= 0.3 is 5.97 Å². The second-order valence-electron chi connectivity index (χ2n) is 4.06. The van der Waals surface area contributed by atoms with Crippen LogP contribution in [-0.2, 0) is 11.3 Å². The first-order valence-corrected chi connectivity index (χ1v) is 7.58. The summed E-state index contributed by atoms with van der Waals surface area (Å²) in [6.07, 6.45) is 2.56. The average Bonchev–Trinajstić information content (AvgIpc) is 2.72. The van der Waals surface area contributed by atoms with Gasteiger partial charge in [-0.15, -0.1) is 6.58 Å². The summed E-state index contributed by atoms with van der Waals surface area (Å²) >= 11 is 13.2. The van der Waals surface area contributed by atoms with Crippen molar-refractivity contribution in [1.29, 1.82) is 0 Å². The smallest absolute Gasteiger partial charge is 0.313 e. The average molecular weight is 331 g/mol. The van der Waals surface area contributed by atoms with Crippen LogP contribution in [0.15, 0.2) is 29.9 Å². The van der Waals surface area contributed by atoms with Gasteiger partial charge in [0.25, 0.3) is 0 Å². The highest BCUT2D eigenvalue weighted by Crippen LogP contribution is 2.31. The normalized spacial score (nSPS) is 10.9. The van der Waals surface area contributed by atoms with E-state index in [0.29, 0.717) is 27.3 Å². The lowest BCUT2D eigenvalue weighted by Gasteiger charge is -2.06. The Balaban J connectivity index is 2.48. The zero-order valence-corrected chi connectivity index (χ0v) is 12.8. The molecule has 0 bridgehead atoms. The van der Waals surface area contributed by atoms with E-state index in [0.717, 1.165) is 11.9 Å². The van der Waals surface area contributed by atoms with E-state index in [4.69, 9.17) is 28.3 Å². The van der Waals surface area contributed by atoms with Crippen LogP contribution in [0.5, 0.6) is 0 Å². The molecule has 0 aliphatic rings. The Bertz CT molecular complexity index is 670. The molecule has 0 aliphatic heterocycles. The summed E-state index contributed by atoms with van der Waals surface area (Å²) in [7, 11) is 0. The number of hydrogen-bond donors (Lipinski definition) is 1. The molecule has 0 unspecified atom stereocenters. The van der Waals surface area contributed by atoms with Crippen LogP contribution in [0.1, 0.15) is 6.42 Å². The maximum atomic E-state index is 10.7. The molecule has 7 heteroatoms. The number of carboxylic acid groups (broad SMARTS) is 1. The van der Waals surface area contributed by atoms with Crippen LogP contribution in [0.25, 0.3) is 11.0 Å². The third-order valence-electron chi connectivity index (χ3n) is 2.64. The first kappa shape index (κ1) is 15.2. The van der Waals surface area contributed by atoms with Crippen LogP contribution in [-0.4, -0.2) is 26.4 Å². The van der Waals surface area contributed by atoms with Crippen molar-refractivity contribution in [2.24, 2.45) is 0 Å². The maximum absolute atomic E-state index is 10.7. The van der Waals surface area contributed by atoms with Crippen molar-refractivity contribution < 1.29 is 9.90 Å². The van der Waals surface area contributed by atoms with Crippen molar-refractivity contribution >= 4 is 52.0 Å². The lowest BCUT2D eigenvalue weighted by molar-refractivity contribution is -0.133. The van der Waals surface area contributed by atoms with Crippen molar-refractivity contribution in [3.8, 4) is 0 Å². The van der Waals surface area contributed by atoms with Gasteiger partial charge in [0.2, 0.25) is 0 Å². The number of nitrogens with zero attached hydrogens (tertiary/aromatic N) is 2. The number of aromatic nitrogens is 2. The molecule has 0 spiro atoms. The summed E-state index contributed by atoms with van der Waals surface area (Å²) in [5.41, 5.74) is 1.55. The molecule has 4 nitrogen and oxygen atoms in total. The van der Waals surface area contributed by atoms with E-state index in [1.807, 2.05) is 4.57 Å². The van der Waals surface area contributed by atoms with E-state index in [2.05, 4.69) is 11.6 Å². The maximum Gasteiger partial charge on any atom is 0.313 e. The van der Waals surface area contributed by atoms with Crippen LogP contribution in [0.3, 0.4) is 0 Å². The summed E-state index contributed by atoms with van der Waals surface area (Å²) in [4.78, 5) is 15.1. The second kappa shape index (κ2) is 6.52. The summed E-state index contributed by atoms with van der Waals surface area (Å²) in [6, 6.07) is 3.44. The van der Waals surface area contributed by atoms with Gasteiger partial charge in [0.15, 0.2) is 5.16 Å². The SMILES string of the molecule is C=CCCn1c(SCC(=O)O)nc2cc(Cl)c(Cl)cc21. The van der Waals surface area contributed by atoms with Gasteiger partial charge in [-0.3, -0.25) is 4.79 Å². The van der Waals surface area contributed by atoms with Gasteiger partial charge in [-0.1, -0.05) is 41.0 Å². The molecule has 2 aromatic rings. The number of aryl methyl sites for hydroxylation is 1. The highest BCUT2D eigenvalue weighted by atomic mass is 35.5. The minimum Gasteiger partial charge on any atom is -0.481 e. The van der Waals surface area contributed by atoms with E-state index in [9.17, 15) is 4.79 Å². The standard InChI is InChI=1S/C13H12Cl2N2O2S/c1-2-3-4-17-11-6-9(15)8(14)5-10(11)16-13(17)20-7-12(18)19/h2,5-6H,1,3-4,7H2,(H,18,19). The number of hydrogen-bond acceptors (Lipinski definition) is 3. The van der Waals surface area contributed by atoms with Gasteiger partial charge in [-0.25, -0.2) is 4.98 Å². The van der Waals surface area contributed by atoms with Crippen molar-refractivity contribution in [1.82, 2.24) is 9.55 Å². The second-order valence-corrected chi connectivity index (χ2v) is 5.82. The molecule has 1 N–H and O–H groups in total. The molecule has 0 radical (unpaired) electrons. The number of thioether (sulfide) groups is 1. The Morgan fingerprint density at radius 2 is 2.15 bits per heavy atom. The Morgan fingerprint density at radius 3 is 2.80 bits per heavy atom. The monoisotopic (exact) mass is 330 g/mol. The predicted octanol–water partition coefficient (Wildman–Crippen LogP) is 4.10. The Morgan fingerprint density at radius 1 is 1.45 bits per heavy atom. The minimum atomic E-state index is -0.881. The lowest BCUT2D eigenvalue weighted by Crippen LogP contribution is -2.03. The van der Waals surface area contributed by atoms with E-state index in [-0.39, 0.29) is 5.75 Å². The number of aliphatic carboxylic acids is 1. The largest absolute Gasteiger partial charge is 0.481 e.